The number of anilines is 1. The normalized spacial score (nSPS) is 14.4. The highest BCUT2D eigenvalue weighted by Crippen LogP contribution is 2.43. The Balaban J connectivity index is 1.92. The Labute approximate surface area is 190 Å². The molecule has 4 rings (SSSR count). The number of ether oxygens (including phenoxy) is 1. The number of amides is 1. The average molecular weight is 430 g/mol. The summed E-state index contributed by atoms with van der Waals surface area (Å²) in [5, 5.41) is 0. The van der Waals surface area contributed by atoms with Crippen LogP contribution in [0.4, 0.5) is 5.69 Å². The molecular weight excluding hydrogens is 398 g/mol. The number of hydrogen-bond acceptors (Lipinski definition) is 4. The van der Waals surface area contributed by atoms with Crippen molar-refractivity contribution in [2.75, 3.05) is 44.7 Å². The van der Waals surface area contributed by atoms with Gasteiger partial charge in [0.2, 0.25) is 0 Å². The highest BCUT2D eigenvalue weighted by Gasteiger charge is 2.22. The van der Waals surface area contributed by atoms with Gasteiger partial charge in [-0.2, -0.15) is 0 Å². The predicted molar refractivity (Wildman–Crippen MR) is 131 cm³/mol. The molecule has 0 radical (unpaired) electrons. The van der Waals surface area contributed by atoms with E-state index in [-0.39, 0.29) is 0 Å². The lowest BCUT2D eigenvalue weighted by Gasteiger charge is -2.34. The summed E-state index contributed by atoms with van der Waals surface area (Å²) in [4.78, 5) is 17.0. The van der Waals surface area contributed by atoms with Crippen LogP contribution in [0.2, 0.25) is 0 Å². The van der Waals surface area contributed by atoms with Crippen molar-refractivity contribution in [2.45, 2.75) is 13.8 Å². The van der Waals surface area contributed by atoms with E-state index in [0.717, 1.165) is 48.4 Å². The largest absolute Gasteiger partial charge is 0.492 e. The maximum atomic E-state index is 12.3. The average Bonchev–Trinajstić information content (AvgIpc) is 2.80. The van der Waals surface area contributed by atoms with Crippen LogP contribution in [0.3, 0.4) is 0 Å². The number of nitrogens with zero attached hydrogens (tertiary/aromatic N) is 2. The summed E-state index contributed by atoms with van der Waals surface area (Å²) < 4.78 is 6.06. The van der Waals surface area contributed by atoms with E-state index in [1.54, 1.807) is 6.07 Å². The van der Waals surface area contributed by atoms with Gasteiger partial charge < -0.3 is 20.3 Å². The molecule has 3 aromatic carbocycles. The van der Waals surface area contributed by atoms with Crippen molar-refractivity contribution in [3.8, 4) is 28.0 Å². The SMILES string of the molecule is CCOc1c(C(N)=O)ccc(-c2ccccc2C)c1-c1cccc(N2CCN(C)CC2)c1. The van der Waals surface area contributed by atoms with Crippen LogP contribution in [0.15, 0.2) is 60.7 Å². The zero-order chi connectivity index (χ0) is 22.7. The number of aryl methyl sites for hydroxylation is 1. The fourth-order valence-electron chi connectivity index (χ4n) is 4.38. The Morgan fingerprint density at radius 2 is 1.72 bits per heavy atom. The van der Waals surface area contributed by atoms with Crippen LogP contribution < -0.4 is 15.4 Å². The smallest absolute Gasteiger partial charge is 0.252 e. The summed E-state index contributed by atoms with van der Waals surface area (Å²) >= 11 is 0. The number of rotatable bonds is 6. The van der Waals surface area contributed by atoms with E-state index >= 15 is 0 Å². The molecular formula is C27H31N3O2. The van der Waals surface area contributed by atoms with Crippen LogP contribution in [-0.2, 0) is 0 Å². The molecule has 0 saturated carbocycles. The molecule has 1 aliphatic rings. The third-order valence-corrected chi connectivity index (χ3v) is 6.15. The standard InChI is InChI=1S/C27H31N3O2/c1-4-32-26-24(27(28)31)13-12-23(22-11-6-5-8-19(22)2)25(26)20-9-7-10-21(18-20)30-16-14-29(3)15-17-30/h5-13,18H,4,14-17H2,1-3H3,(H2,28,31). The van der Waals surface area contributed by atoms with E-state index in [1.165, 1.54) is 11.3 Å². The zero-order valence-electron chi connectivity index (χ0n) is 19.1. The monoisotopic (exact) mass is 429 g/mol. The first-order valence-corrected chi connectivity index (χ1v) is 11.2. The lowest BCUT2D eigenvalue weighted by atomic mass is 9.89. The molecule has 1 heterocycles. The molecule has 1 saturated heterocycles. The Morgan fingerprint density at radius 3 is 2.41 bits per heavy atom. The maximum Gasteiger partial charge on any atom is 0.252 e. The number of nitrogens with two attached hydrogens (primary N) is 1. The lowest BCUT2D eigenvalue weighted by Crippen LogP contribution is -2.44. The second-order valence-corrected chi connectivity index (χ2v) is 8.32. The molecule has 0 spiro atoms. The molecule has 1 amide bonds. The molecule has 0 aromatic heterocycles. The minimum Gasteiger partial charge on any atom is -0.492 e. The fraction of sp³-hybridized carbons (Fsp3) is 0.296. The number of primary amides is 1. The summed E-state index contributed by atoms with van der Waals surface area (Å²) in [5.74, 6) is 0.0672. The third kappa shape index (κ3) is 4.34. The summed E-state index contributed by atoms with van der Waals surface area (Å²) in [7, 11) is 2.16. The number of benzene rings is 3. The van der Waals surface area contributed by atoms with Crippen molar-refractivity contribution in [2.24, 2.45) is 5.73 Å². The zero-order valence-corrected chi connectivity index (χ0v) is 19.1. The van der Waals surface area contributed by atoms with E-state index in [0.29, 0.717) is 17.9 Å². The molecule has 0 atom stereocenters. The van der Waals surface area contributed by atoms with Gasteiger partial charge in [-0.15, -0.1) is 0 Å². The number of carbonyl (C=O) groups is 1. The molecule has 0 bridgehead atoms. The van der Waals surface area contributed by atoms with Crippen LogP contribution >= 0.6 is 0 Å². The molecule has 1 fully saturated rings. The first-order chi connectivity index (χ1) is 15.5. The van der Waals surface area contributed by atoms with Gasteiger partial charge in [0.1, 0.15) is 5.75 Å². The van der Waals surface area contributed by atoms with Crippen molar-refractivity contribution in [1.29, 1.82) is 0 Å². The van der Waals surface area contributed by atoms with Gasteiger partial charge in [-0.1, -0.05) is 42.5 Å². The summed E-state index contributed by atoms with van der Waals surface area (Å²) in [6.07, 6.45) is 0. The summed E-state index contributed by atoms with van der Waals surface area (Å²) in [5.41, 5.74) is 12.6. The van der Waals surface area contributed by atoms with Crippen LogP contribution in [0.25, 0.3) is 22.3 Å². The van der Waals surface area contributed by atoms with Crippen LogP contribution in [0.1, 0.15) is 22.8 Å². The highest BCUT2D eigenvalue weighted by atomic mass is 16.5. The molecule has 166 valence electrons. The van der Waals surface area contributed by atoms with Crippen LogP contribution in [-0.4, -0.2) is 50.6 Å². The van der Waals surface area contributed by atoms with Gasteiger partial charge in [-0.3, -0.25) is 4.79 Å². The van der Waals surface area contributed by atoms with E-state index < -0.39 is 5.91 Å². The van der Waals surface area contributed by atoms with E-state index in [1.807, 2.05) is 25.1 Å². The molecule has 5 heteroatoms. The van der Waals surface area contributed by atoms with Crippen molar-refractivity contribution >= 4 is 11.6 Å². The van der Waals surface area contributed by atoms with E-state index in [9.17, 15) is 4.79 Å². The van der Waals surface area contributed by atoms with Crippen LogP contribution in [0, 0.1) is 6.92 Å². The maximum absolute atomic E-state index is 12.3. The fourth-order valence-corrected chi connectivity index (χ4v) is 4.38. The summed E-state index contributed by atoms with van der Waals surface area (Å²) in [6.45, 7) is 8.54. The molecule has 0 aliphatic carbocycles. The molecule has 3 aromatic rings. The number of piperazine rings is 1. The van der Waals surface area contributed by atoms with Crippen LogP contribution in [0.5, 0.6) is 5.75 Å². The Kier molecular flexibility index (Phi) is 6.47. The van der Waals surface area contributed by atoms with Crippen molar-refractivity contribution in [3.63, 3.8) is 0 Å². The minimum absolute atomic E-state index is 0.407. The second kappa shape index (κ2) is 9.45. The lowest BCUT2D eigenvalue weighted by molar-refractivity contribution is 0.0997. The molecule has 0 unspecified atom stereocenters. The summed E-state index contributed by atoms with van der Waals surface area (Å²) in [6, 6.07) is 20.6. The highest BCUT2D eigenvalue weighted by molar-refractivity contribution is 6.02. The molecule has 1 aliphatic heterocycles. The van der Waals surface area contributed by atoms with Gasteiger partial charge in [0.25, 0.3) is 5.91 Å². The van der Waals surface area contributed by atoms with Crippen molar-refractivity contribution in [3.05, 3.63) is 71.8 Å². The quantitative estimate of drug-likeness (QED) is 0.623. The van der Waals surface area contributed by atoms with Crippen molar-refractivity contribution < 1.29 is 9.53 Å². The van der Waals surface area contributed by atoms with E-state index in [2.05, 4.69) is 60.2 Å². The predicted octanol–water partition coefficient (Wildman–Crippen LogP) is 4.58. The van der Waals surface area contributed by atoms with Gasteiger partial charge in [0.05, 0.1) is 12.2 Å². The molecule has 32 heavy (non-hydrogen) atoms. The Bertz CT molecular complexity index is 1120. The Morgan fingerprint density at radius 1 is 0.969 bits per heavy atom. The number of likely N-dealkylation sites (N-methyl/N-ethyl adjacent to an activating group) is 1. The number of hydrogen-bond donors (Lipinski definition) is 1. The van der Waals surface area contributed by atoms with Gasteiger partial charge in [0, 0.05) is 37.4 Å². The van der Waals surface area contributed by atoms with Gasteiger partial charge in [-0.25, -0.2) is 0 Å². The molecule has 2 N–H and O–H groups in total. The minimum atomic E-state index is -0.485. The van der Waals surface area contributed by atoms with Gasteiger partial charge in [0.15, 0.2) is 0 Å². The Hall–Kier alpha value is -3.31. The van der Waals surface area contributed by atoms with Crippen molar-refractivity contribution in [1.82, 2.24) is 4.90 Å². The number of carbonyl (C=O) groups excluding carboxylic acids is 1. The molecule has 5 nitrogen and oxygen atoms in total. The van der Waals surface area contributed by atoms with E-state index in [4.69, 9.17) is 10.5 Å². The topological polar surface area (TPSA) is 58.8 Å². The van der Waals surface area contributed by atoms with Gasteiger partial charge >= 0.3 is 0 Å². The first kappa shape index (κ1) is 21.9. The van der Waals surface area contributed by atoms with Gasteiger partial charge in [-0.05, 0) is 61.3 Å². The first-order valence-electron chi connectivity index (χ1n) is 11.2. The third-order valence-electron chi connectivity index (χ3n) is 6.15. The second-order valence-electron chi connectivity index (χ2n) is 8.32.